The van der Waals surface area contributed by atoms with Crippen LogP contribution in [0.25, 0.3) is 11.0 Å². The lowest BCUT2D eigenvalue weighted by molar-refractivity contribution is 0.599. The highest BCUT2D eigenvalue weighted by Crippen LogP contribution is 2.32. The van der Waals surface area contributed by atoms with E-state index in [9.17, 15) is 12.8 Å². The number of sulfonamides is 1. The number of halogens is 2. The van der Waals surface area contributed by atoms with E-state index in [-0.39, 0.29) is 21.1 Å². The maximum Gasteiger partial charge on any atom is 0.262 e. The highest BCUT2D eigenvalue weighted by Gasteiger charge is 2.21. The molecule has 8 heteroatoms. The van der Waals surface area contributed by atoms with Gasteiger partial charge in [-0.15, -0.1) is 0 Å². The third-order valence-electron chi connectivity index (χ3n) is 3.17. The molecule has 1 aromatic heterocycles. The van der Waals surface area contributed by atoms with Crippen molar-refractivity contribution in [3.8, 4) is 0 Å². The molecule has 5 nitrogen and oxygen atoms in total. The Morgan fingerprint density at radius 3 is 2.64 bits per heavy atom. The van der Waals surface area contributed by atoms with E-state index < -0.39 is 15.8 Å². The van der Waals surface area contributed by atoms with Gasteiger partial charge in [-0.1, -0.05) is 29.3 Å². The predicted molar refractivity (Wildman–Crippen MR) is 83.0 cm³/mol. The van der Waals surface area contributed by atoms with Gasteiger partial charge in [-0.3, -0.25) is 4.72 Å². The highest BCUT2D eigenvalue weighted by atomic mass is 35.5. The van der Waals surface area contributed by atoms with Crippen LogP contribution < -0.4 is 4.72 Å². The van der Waals surface area contributed by atoms with E-state index in [0.717, 1.165) is 5.56 Å². The average Bonchev–Trinajstić information content (AvgIpc) is 2.92. The zero-order valence-electron chi connectivity index (χ0n) is 11.4. The molecule has 114 valence electrons. The van der Waals surface area contributed by atoms with Crippen LogP contribution >= 0.6 is 11.6 Å². The van der Waals surface area contributed by atoms with Crippen molar-refractivity contribution < 1.29 is 12.8 Å². The van der Waals surface area contributed by atoms with Crippen LogP contribution in [0.4, 0.5) is 10.1 Å². The number of aromatic nitrogens is 2. The lowest BCUT2D eigenvalue weighted by atomic mass is 10.2. The first-order chi connectivity index (χ1) is 10.4. The smallest absolute Gasteiger partial charge is 0.262 e. The van der Waals surface area contributed by atoms with Gasteiger partial charge in [0.25, 0.3) is 10.0 Å². The molecule has 2 N–H and O–H groups in total. The maximum absolute atomic E-state index is 14.4. The summed E-state index contributed by atoms with van der Waals surface area (Å²) in [6.45, 7) is 1.84. The number of hydrogen-bond acceptors (Lipinski definition) is 3. The number of fused-ring (bicyclic) bond motifs is 1. The number of anilines is 1. The fraction of sp³-hybridized carbons (Fsp3) is 0.0714. The second kappa shape index (κ2) is 5.26. The first-order valence-corrected chi connectivity index (χ1v) is 8.15. The standard InChI is InChI=1S/C14H11ClFN3O2S/c1-8-2-4-9(5-3-8)22(20,21)19-13-10(15)6-11-14(12(13)16)18-7-17-11/h2-7,19H,1H3,(H,17,18). The second-order valence-corrected chi connectivity index (χ2v) is 6.85. The van der Waals surface area contributed by atoms with E-state index in [2.05, 4.69) is 14.7 Å². The average molecular weight is 340 g/mol. The molecule has 0 aliphatic rings. The van der Waals surface area contributed by atoms with Gasteiger partial charge in [0.2, 0.25) is 0 Å². The summed E-state index contributed by atoms with van der Waals surface area (Å²) >= 11 is 5.97. The van der Waals surface area contributed by atoms with Crippen LogP contribution in [0.3, 0.4) is 0 Å². The van der Waals surface area contributed by atoms with Crippen LogP contribution in [0.1, 0.15) is 5.56 Å². The predicted octanol–water partition coefficient (Wildman–Crippen LogP) is 3.46. The molecule has 0 aliphatic carbocycles. The van der Waals surface area contributed by atoms with Gasteiger partial charge < -0.3 is 4.98 Å². The number of imidazole rings is 1. The Bertz CT molecular complexity index is 952. The zero-order valence-corrected chi connectivity index (χ0v) is 13.0. The second-order valence-electron chi connectivity index (χ2n) is 4.76. The minimum absolute atomic E-state index is 0.0195. The highest BCUT2D eigenvalue weighted by molar-refractivity contribution is 7.92. The van der Waals surface area contributed by atoms with Crippen LogP contribution in [0.5, 0.6) is 0 Å². The molecule has 0 unspecified atom stereocenters. The summed E-state index contributed by atoms with van der Waals surface area (Å²) in [5, 5.41) is -0.0510. The summed E-state index contributed by atoms with van der Waals surface area (Å²) in [5.41, 5.74) is 1.01. The lowest BCUT2D eigenvalue weighted by Crippen LogP contribution is -2.14. The minimum Gasteiger partial charge on any atom is -0.344 e. The monoisotopic (exact) mass is 339 g/mol. The van der Waals surface area contributed by atoms with E-state index in [0.29, 0.717) is 5.52 Å². The zero-order chi connectivity index (χ0) is 15.9. The van der Waals surface area contributed by atoms with Crippen LogP contribution in [-0.4, -0.2) is 18.4 Å². The normalized spacial score (nSPS) is 11.8. The number of nitrogens with one attached hydrogen (secondary N) is 2. The summed E-state index contributed by atoms with van der Waals surface area (Å²) in [4.78, 5) is 6.55. The van der Waals surface area contributed by atoms with Crippen molar-refractivity contribution >= 4 is 38.3 Å². The Labute approximate surface area is 131 Å². The van der Waals surface area contributed by atoms with E-state index >= 15 is 0 Å². The molecule has 0 radical (unpaired) electrons. The number of H-pyrrole nitrogens is 1. The van der Waals surface area contributed by atoms with Gasteiger partial charge in [0.1, 0.15) is 11.2 Å². The summed E-state index contributed by atoms with van der Waals surface area (Å²) in [5.74, 6) is -0.820. The van der Waals surface area contributed by atoms with Crippen molar-refractivity contribution in [3.63, 3.8) is 0 Å². The number of nitrogens with zero attached hydrogens (tertiary/aromatic N) is 1. The molecule has 0 bridgehead atoms. The van der Waals surface area contributed by atoms with E-state index in [1.54, 1.807) is 12.1 Å². The summed E-state index contributed by atoms with van der Waals surface area (Å²) in [6, 6.07) is 7.61. The van der Waals surface area contributed by atoms with Gasteiger partial charge in [0.05, 0.1) is 21.8 Å². The fourth-order valence-corrected chi connectivity index (χ4v) is 3.39. The Morgan fingerprint density at radius 2 is 1.95 bits per heavy atom. The summed E-state index contributed by atoms with van der Waals surface area (Å²) < 4.78 is 41.2. The molecule has 0 saturated heterocycles. The first-order valence-electron chi connectivity index (χ1n) is 6.29. The SMILES string of the molecule is Cc1ccc(S(=O)(=O)Nc2c(Cl)cc3[nH]cnc3c2F)cc1. The lowest BCUT2D eigenvalue weighted by Gasteiger charge is -2.11. The van der Waals surface area contributed by atoms with Crippen LogP contribution in [-0.2, 0) is 10.0 Å². The molecule has 0 fully saturated rings. The van der Waals surface area contributed by atoms with E-state index in [1.807, 2.05) is 6.92 Å². The number of rotatable bonds is 3. The molecule has 0 saturated carbocycles. The fourth-order valence-electron chi connectivity index (χ4n) is 2.02. The molecular formula is C14H11ClFN3O2S. The van der Waals surface area contributed by atoms with Gasteiger partial charge >= 0.3 is 0 Å². The van der Waals surface area contributed by atoms with E-state index in [4.69, 9.17) is 11.6 Å². The van der Waals surface area contributed by atoms with Crippen LogP contribution in [0, 0.1) is 12.7 Å². The molecule has 3 aromatic rings. The van der Waals surface area contributed by atoms with Crippen molar-refractivity contribution in [2.24, 2.45) is 0 Å². The molecule has 0 atom stereocenters. The Balaban J connectivity index is 2.07. The molecular weight excluding hydrogens is 329 g/mol. The molecule has 22 heavy (non-hydrogen) atoms. The maximum atomic E-state index is 14.4. The molecule has 0 spiro atoms. The first kappa shape index (κ1) is 14.8. The minimum atomic E-state index is -3.94. The molecule has 1 heterocycles. The molecule has 2 aromatic carbocycles. The van der Waals surface area contributed by atoms with Gasteiger partial charge in [-0.05, 0) is 25.1 Å². The van der Waals surface area contributed by atoms with Gasteiger partial charge in [0.15, 0.2) is 5.82 Å². The Morgan fingerprint density at radius 1 is 1.27 bits per heavy atom. The summed E-state index contributed by atoms with van der Waals surface area (Å²) in [6.07, 6.45) is 1.31. The number of aryl methyl sites for hydroxylation is 1. The number of benzene rings is 2. The summed E-state index contributed by atoms with van der Waals surface area (Å²) in [7, 11) is -3.94. The van der Waals surface area contributed by atoms with Crippen molar-refractivity contribution in [2.45, 2.75) is 11.8 Å². The number of aromatic amines is 1. The third kappa shape index (κ3) is 2.53. The quantitative estimate of drug-likeness (QED) is 0.767. The van der Waals surface area contributed by atoms with Crippen LogP contribution in [0.15, 0.2) is 41.6 Å². The van der Waals surface area contributed by atoms with Crippen molar-refractivity contribution in [1.29, 1.82) is 0 Å². The topological polar surface area (TPSA) is 74.8 Å². The van der Waals surface area contributed by atoms with Gasteiger partial charge in [-0.2, -0.15) is 0 Å². The van der Waals surface area contributed by atoms with Crippen molar-refractivity contribution in [3.05, 3.63) is 53.1 Å². The molecule has 0 aliphatic heterocycles. The Kier molecular flexibility index (Phi) is 3.54. The van der Waals surface area contributed by atoms with Crippen molar-refractivity contribution in [2.75, 3.05) is 4.72 Å². The van der Waals surface area contributed by atoms with Gasteiger partial charge in [0, 0.05) is 0 Å². The molecule has 3 rings (SSSR count). The third-order valence-corrected chi connectivity index (χ3v) is 4.84. The molecule has 0 amide bonds. The Hall–Kier alpha value is -2.12. The van der Waals surface area contributed by atoms with E-state index in [1.165, 1.54) is 24.5 Å². The largest absolute Gasteiger partial charge is 0.344 e. The van der Waals surface area contributed by atoms with Gasteiger partial charge in [-0.25, -0.2) is 17.8 Å². The van der Waals surface area contributed by atoms with Crippen molar-refractivity contribution in [1.82, 2.24) is 9.97 Å². The number of hydrogen-bond donors (Lipinski definition) is 2. The van der Waals surface area contributed by atoms with Crippen LogP contribution in [0.2, 0.25) is 5.02 Å².